The van der Waals surface area contributed by atoms with Crippen LogP contribution < -0.4 is 5.32 Å². The Bertz CT molecular complexity index is 1070. The fourth-order valence-electron chi connectivity index (χ4n) is 5.08. The summed E-state index contributed by atoms with van der Waals surface area (Å²) >= 11 is 0. The largest absolute Gasteiger partial charge is 0.348 e. The minimum absolute atomic E-state index is 0.104. The van der Waals surface area contributed by atoms with E-state index in [2.05, 4.69) is 25.3 Å². The molecule has 1 aromatic carbocycles. The molecule has 3 heterocycles. The van der Waals surface area contributed by atoms with Crippen molar-refractivity contribution in [2.24, 2.45) is 11.8 Å². The van der Waals surface area contributed by atoms with Crippen LogP contribution in [0.1, 0.15) is 35.6 Å². The number of nitrogens with zero attached hydrogens (tertiary/aromatic N) is 3. The van der Waals surface area contributed by atoms with Crippen molar-refractivity contribution in [1.82, 2.24) is 30.2 Å². The Kier molecular flexibility index (Phi) is 5.01. The zero-order chi connectivity index (χ0) is 21.4. The molecule has 2 aliphatic rings. The number of nitrogens with one attached hydrogen (secondary N) is 3. The number of rotatable bonds is 6. The Labute approximate surface area is 178 Å². The highest BCUT2D eigenvalue weighted by Crippen LogP contribution is 2.42. The first kappa shape index (κ1) is 19.5. The van der Waals surface area contributed by atoms with E-state index in [0.29, 0.717) is 24.4 Å². The second-order valence-electron chi connectivity index (χ2n) is 8.39. The molecular weight excluding hydrogens is 396 g/mol. The summed E-state index contributed by atoms with van der Waals surface area (Å²) in [6.07, 6.45) is 7.17. The van der Waals surface area contributed by atoms with E-state index < -0.39 is 12.1 Å². The molecule has 2 fully saturated rings. The van der Waals surface area contributed by atoms with Crippen molar-refractivity contribution in [3.63, 3.8) is 0 Å². The lowest BCUT2D eigenvalue weighted by Gasteiger charge is -2.27. The molecule has 4 atom stereocenters. The molecule has 1 saturated heterocycles. The number of carbonyl (C=O) groups is 3. The number of benzene rings is 1. The molecule has 0 spiro atoms. The average Bonchev–Trinajstić information content (AvgIpc) is 3.55. The standard InChI is InChI=1S/C22H24N6O3/c29-11-15(8-14-9-23-12-24-14)25-21(30)19-16-5-3-4-13(16)10-28(19)22(31)20-26-17-6-1-2-7-18(17)27-20/h1-2,6-7,9,11-13,15-16,19H,3-5,8,10H2,(H,23,24)(H,25,30)(H,26,27)/t13?,15-,16-,19-/m0/s1. The number of amides is 2. The minimum Gasteiger partial charge on any atom is -0.348 e. The monoisotopic (exact) mass is 420 g/mol. The van der Waals surface area contributed by atoms with Gasteiger partial charge in [-0.2, -0.15) is 0 Å². The number of imidazole rings is 2. The number of carbonyl (C=O) groups excluding carboxylic acids is 3. The van der Waals surface area contributed by atoms with Crippen LogP contribution in [-0.4, -0.2) is 61.6 Å². The fraction of sp³-hybridized carbons (Fsp3) is 0.409. The zero-order valence-electron chi connectivity index (χ0n) is 17.0. The molecule has 2 amide bonds. The van der Waals surface area contributed by atoms with Crippen LogP contribution >= 0.6 is 0 Å². The molecule has 1 saturated carbocycles. The van der Waals surface area contributed by atoms with E-state index >= 15 is 0 Å². The molecule has 1 aliphatic carbocycles. The molecule has 0 radical (unpaired) electrons. The second-order valence-corrected chi connectivity index (χ2v) is 8.39. The third-order valence-corrected chi connectivity index (χ3v) is 6.50. The van der Waals surface area contributed by atoms with Gasteiger partial charge in [0.2, 0.25) is 5.91 Å². The highest BCUT2D eigenvalue weighted by molar-refractivity contribution is 5.98. The number of H-pyrrole nitrogens is 2. The van der Waals surface area contributed by atoms with Gasteiger partial charge in [0, 0.05) is 24.9 Å². The van der Waals surface area contributed by atoms with Gasteiger partial charge in [0.25, 0.3) is 5.91 Å². The van der Waals surface area contributed by atoms with Gasteiger partial charge in [-0.25, -0.2) is 9.97 Å². The zero-order valence-corrected chi connectivity index (χ0v) is 17.0. The van der Waals surface area contributed by atoms with Gasteiger partial charge < -0.3 is 25.0 Å². The number of aromatic amines is 2. The van der Waals surface area contributed by atoms with Gasteiger partial charge in [-0.1, -0.05) is 18.6 Å². The molecule has 3 N–H and O–H groups in total. The summed E-state index contributed by atoms with van der Waals surface area (Å²) in [6, 6.07) is 6.17. The van der Waals surface area contributed by atoms with Crippen LogP contribution in [0.2, 0.25) is 0 Å². The van der Waals surface area contributed by atoms with E-state index in [1.54, 1.807) is 11.1 Å². The van der Waals surface area contributed by atoms with Crippen molar-refractivity contribution in [2.45, 2.75) is 37.8 Å². The lowest BCUT2D eigenvalue weighted by molar-refractivity contribution is -0.128. The molecule has 1 unspecified atom stereocenters. The van der Waals surface area contributed by atoms with E-state index in [1.807, 2.05) is 24.3 Å². The highest BCUT2D eigenvalue weighted by atomic mass is 16.2. The van der Waals surface area contributed by atoms with E-state index in [-0.39, 0.29) is 23.6 Å². The maximum atomic E-state index is 13.3. The highest BCUT2D eigenvalue weighted by Gasteiger charge is 2.50. The van der Waals surface area contributed by atoms with Crippen LogP contribution in [0.3, 0.4) is 0 Å². The van der Waals surface area contributed by atoms with Crippen LogP contribution in [-0.2, 0) is 16.0 Å². The van der Waals surface area contributed by atoms with E-state index in [4.69, 9.17) is 0 Å². The van der Waals surface area contributed by atoms with Gasteiger partial charge in [0.05, 0.1) is 23.4 Å². The van der Waals surface area contributed by atoms with Crippen molar-refractivity contribution >= 4 is 29.1 Å². The van der Waals surface area contributed by atoms with Crippen LogP contribution in [0.4, 0.5) is 0 Å². The summed E-state index contributed by atoms with van der Waals surface area (Å²) < 4.78 is 0. The van der Waals surface area contributed by atoms with E-state index in [9.17, 15) is 14.4 Å². The SMILES string of the molecule is O=C[C@H](Cc1cnc[nH]1)NC(=O)[C@@H]1[C@H]2CCCC2CN1C(=O)c1nc2ccccc2[nH]1. The van der Waals surface area contributed by atoms with Crippen LogP contribution in [0.5, 0.6) is 0 Å². The van der Waals surface area contributed by atoms with E-state index in [1.165, 1.54) is 6.33 Å². The molecule has 9 nitrogen and oxygen atoms in total. The first-order valence-electron chi connectivity index (χ1n) is 10.6. The average molecular weight is 420 g/mol. The van der Waals surface area contributed by atoms with Gasteiger partial charge in [-0.05, 0) is 36.8 Å². The first-order chi connectivity index (χ1) is 15.1. The number of hydrogen-bond donors (Lipinski definition) is 3. The van der Waals surface area contributed by atoms with Crippen molar-refractivity contribution in [1.29, 1.82) is 0 Å². The number of likely N-dealkylation sites (tertiary alicyclic amines) is 1. The summed E-state index contributed by atoms with van der Waals surface area (Å²) in [6.45, 7) is 0.533. The summed E-state index contributed by atoms with van der Waals surface area (Å²) in [5.74, 6) is 0.0833. The number of aldehydes is 1. The predicted molar refractivity (Wildman–Crippen MR) is 112 cm³/mol. The first-order valence-corrected chi connectivity index (χ1v) is 10.6. The number of fused-ring (bicyclic) bond motifs is 2. The number of para-hydroxylation sites is 2. The minimum atomic E-state index is -0.684. The Morgan fingerprint density at radius 2 is 2.16 bits per heavy atom. The normalized spacial score (nSPS) is 23.6. The molecule has 31 heavy (non-hydrogen) atoms. The summed E-state index contributed by atoms with van der Waals surface area (Å²) in [7, 11) is 0. The van der Waals surface area contributed by atoms with Crippen molar-refractivity contribution in [3.05, 3.63) is 48.3 Å². The Morgan fingerprint density at radius 1 is 1.29 bits per heavy atom. The van der Waals surface area contributed by atoms with Crippen LogP contribution in [0.25, 0.3) is 11.0 Å². The van der Waals surface area contributed by atoms with Crippen molar-refractivity contribution in [3.8, 4) is 0 Å². The van der Waals surface area contributed by atoms with Gasteiger partial charge in [-0.15, -0.1) is 0 Å². The number of hydrogen-bond acceptors (Lipinski definition) is 5. The maximum Gasteiger partial charge on any atom is 0.290 e. The topological polar surface area (TPSA) is 124 Å². The van der Waals surface area contributed by atoms with Gasteiger partial charge in [0.1, 0.15) is 12.3 Å². The molecule has 9 heteroatoms. The summed E-state index contributed by atoms with van der Waals surface area (Å²) in [4.78, 5) is 54.3. The lowest BCUT2D eigenvalue weighted by atomic mass is 9.93. The lowest BCUT2D eigenvalue weighted by Crippen LogP contribution is -2.52. The Hall–Kier alpha value is -3.49. The van der Waals surface area contributed by atoms with E-state index in [0.717, 1.165) is 36.8 Å². The molecule has 3 aromatic rings. The third kappa shape index (κ3) is 3.60. The second kappa shape index (κ2) is 7.98. The Morgan fingerprint density at radius 3 is 2.94 bits per heavy atom. The summed E-state index contributed by atoms with van der Waals surface area (Å²) in [5.41, 5.74) is 2.26. The van der Waals surface area contributed by atoms with Crippen molar-refractivity contribution in [2.75, 3.05) is 6.54 Å². The maximum absolute atomic E-state index is 13.3. The molecule has 5 rings (SSSR count). The van der Waals surface area contributed by atoms with Crippen LogP contribution in [0, 0.1) is 11.8 Å². The number of aromatic nitrogens is 4. The molecular formula is C22H24N6O3. The molecule has 2 aromatic heterocycles. The molecule has 160 valence electrons. The third-order valence-electron chi connectivity index (χ3n) is 6.50. The van der Waals surface area contributed by atoms with Crippen molar-refractivity contribution < 1.29 is 14.4 Å². The van der Waals surface area contributed by atoms with Crippen LogP contribution in [0.15, 0.2) is 36.8 Å². The smallest absolute Gasteiger partial charge is 0.290 e. The predicted octanol–water partition coefficient (Wildman–Crippen LogP) is 1.45. The Balaban J connectivity index is 1.38. The summed E-state index contributed by atoms with van der Waals surface area (Å²) in [5, 5.41) is 2.84. The van der Waals surface area contributed by atoms with Gasteiger partial charge >= 0.3 is 0 Å². The molecule has 0 bridgehead atoms. The molecule has 1 aliphatic heterocycles. The van der Waals surface area contributed by atoms with Gasteiger partial charge in [-0.3, -0.25) is 9.59 Å². The fourth-order valence-corrected chi connectivity index (χ4v) is 5.08. The van der Waals surface area contributed by atoms with Gasteiger partial charge in [0.15, 0.2) is 5.82 Å². The quantitative estimate of drug-likeness (QED) is 0.521.